The molecule has 0 saturated heterocycles. The molecule has 3 N–H and O–H groups in total. The Morgan fingerprint density at radius 2 is 1.56 bits per heavy atom. The van der Waals surface area contributed by atoms with E-state index in [9.17, 15) is 19.5 Å². The zero-order valence-corrected chi connectivity index (χ0v) is 20.1. The van der Waals surface area contributed by atoms with Gasteiger partial charge in [-0.3, -0.25) is 4.79 Å². The average Bonchev–Trinajstić information content (AvgIpc) is 3.13. The zero-order valence-electron chi connectivity index (χ0n) is 20.1. The number of fused-ring (bicyclic) bond motifs is 3. The van der Waals surface area contributed by atoms with Crippen molar-refractivity contribution < 1.29 is 24.2 Å². The molecule has 34 heavy (non-hydrogen) atoms. The highest BCUT2D eigenvalue weighted by molar-refractivity contribution is 5.89. The second-order valence-electron chi connectivity index (χ2n) is 8.99. The average molecular weight is 468 g/mol. The minimum atomic E-state index is -1.13. The van der Waals surface area contributed by atoms with Crippen LogP contribution < -0.4 is 10.6 Å². The Labute approximate surface area is 200 Å². The van der Waals surface area contributed by atoms with Crippen molar-refractivity contribution in [2.24, 2.45) is 5.92 Å². The maximum Gasteiger partial charge on any atom is 0.407 e. The van der Waals surface area contributed by atoms with Gasteiger partial charge in [-0.15, -0.1) is 0 Å². The number of amides is 2. The lowest BCUT2D eigenvalue weighted by Gasteiger charge is -2.26. The van der Waals surface area contributed by atoms with Crippen molar-refractivity contribution >= 4 is 18.0 Å². The number of likely N-dealkylation sites (N-methyl/N-ethyl adjacent to an activating group) is 1. The maximum absolute atomic E-state index is 12.9. The first-order chi connectivity index (χ1) is 16.2. The van der Waals surface area contributed by atoms with Crippen LogP contribution in [-0.2, 0) is 14.3 Å². The van der Waals surface area contributed by atoms with Crippen LogP contribution in [0.1, 0.15) is 37.3 Å². The molecule has 0 spiro atoms. The smallest absolute Gasteiger partial charge is 0.407 e. The number of alkyl carbamates (subject to hydrolysis) is 1. The normalized spacial score (nSPS) is 15.1. The third kappa shape index (κ3) is 5.75. The van der Waals surface area contributed by atoms with Crippen molar-refractivity contribution in [3.05, 3.63) is 59.7 Å². The number of benzene rings is 2. The number of nitrogens with one attached hydrogen (secondary N) is 2. The molecule has 0 heterocycles. The summed E-state index contributed by atoms with van der Waals surface area (Å²) >= 11 is 0. The number of hydrogen-bond donors (Lipinski definition) is 3. The summed E-state index contributed by atoms with van der Waals surface area (Å²) < 4.78 is 5.58. The van der Waals surface area contributed by atoms with Crippen molar-refractivity contribution in [2.75, 3.05) is 27.2 Å². The molecule has 2 unspecified atom stereocenters. The molecule has 1 aliphatic carbocycles. The van der Waals surface area contributed by atoms with Crippen LogP contribution in [0.4, 0.5) is 4.79 Å². The van der Waals surface area contributed by atoms with Gasteiger partial charge >= 0.3 is 12.1 Å². The molecule has 0 fully saturated rings. The van der Waals surface area contributed by atoms with E-state index in [-0.39, 0.29) is 25.0 Å². The monoisotopic (exact) mass is 467 g/mol. The van der Waals surface area contributed by atoms with E-state index in [4.69, 9.17) is 4.74 Å². The molecule has 2 amide bonds. The van der Waals surface area contributed by atoms with Crippen molar-refractivity contribution in [1.82, 2.24) is 15.5 Å². The first-order valence-corrected chi connectivity index (χ1v) is 11.5. The SMILES string of the molecule is CCC(C)[C@H](NC(=O)OCC1c2ccccc2-c2ccccc21)C(=O)NC(CN(C)C)C(=O)O. The second kappa shape index (κ2) is 11.2. The Bertz CT molecular complexity index is 993. The summed E-state index contributed by atoms with van der Waals surface area (Å²) in [5, 5.41) is 14.6. The Kier molecular flexibility index (Phi) is 8.28. The highest BCUT2D eigenvalue weighted by Crippen LogP contribution is 2.44. The van der Waals surface area contributed by atoms with Gasteiger partial charge in [0.2, 0.25) is 5.91 Å². The van der Waals surface area contributed by atoms with Gasteiger partial charge in [0, 0.05) is 12.5 Å². The van der Waals surface area contributed by atoms with Crippen LogP contribution in [-0.4, -0.2) is 67.3 Å². The fourth-order valence-electron chi connectivity index (χ4n) is 4.28. The Balaban J connectivity index is 1.68. The van der Waals surface area contributed by atoms with Crippen LogP contribution >= 0.6 is 0 Å². The van der Waals surface area contributed by atoms with Crippen LogP contribution in [0.2, 0.25) is 0 Å². The van der Waals surface area contributed by atoms with E-state index in [0.29, 0.717) is 6.42 Å². The highest BCUT2D eigenvalue weighted by atomic mass is 16.5. The molecule has 0 aromatic heterocycles. The van der Waals surface area contributed by atoms with E-state index in [2.05, 4.69) is 22.8 Å². The molecule has 3 rings (SSSR count). The lowest BCUT2D eigenvalue weighted by molar-refractivity contribution is -0.142. The minimum Gasteiger partial charge on any atom is -0.480 e. The summed E-state index contributed by atoms with van der Waals surface area (Å²) in [5.74, 6) is -1.98. The zero-order chi connectivity index (χ0) is 24.8. The van der Waals surface area contributed by atoms with Gasteiger partial charge in [0.05, 0.1) is 0 Å². The number of ether oxygens (including phenoxy) is 1. The second-order valence-corrected chi connectivity index (χ2v) is 8.99. The number of nitrogens with zero attached hydrogens (tertiary/aromatic N) is 1. The standard InChI is InChI=1S/C26H33N3O5/c1-5-16(2)23(24(30)27-22(25(31)32)14-29(3)4)28-26(33)34-15-21-19-12-8-6-10-17(19)18-11-7-9-13-20(18)21/h6-13,16,21-23H,5,14-15H2,1-4H3,(H,27,30)(H,28,33)(H,31,32)/t16?,22?,23-/m0/s1. The molecule has 0 aliphatic heterocycles. The molecule has 182 valence electrons. The predicted octanol–water partition coefficient (Wildman–Crippen LogP) is 3.07. The quantitative estimate of drug-likeness (QED) is 0.496. The third-order valence-electron chi connectivity index (χ3n) is 6.27. The number of carbonyl (C=O) groups excluding carboxylic acids is 2. The van der Waals surface area contributed by atoms with E-state index in [1.54, 1.807) is 19.0 Å². The molecule has 2 aromatic rings. The van der Waals surface area contributed by atoms with E-state index in [0.717, 1.165) is 22.3 Å². The maximum atomic E-state index is 12.9. The number of aliphatic carboxylic acids is 1. The molecule has 0 radical (unpaired) electrons. The molecule has 8 heteroatoms. The van der Waals surface area contributed by atoms with Crippen LogP contribution in [0.25, 0.3) is 11.1 Å². The third-order valence-corrected chi connectivity index (χ3v) is 6.27. The van der Waals surface area contributed by atoms with Crippen LogP contribution in [0.3, 0.4) is 0 Å². The lowest BCUT2D eigenvalue weighted by Crippen LogP contribution is -2.56. The fourth-order valence-corrected chi connectivity index (χ4v) is 4.28. The Morgan fingerprint density at radius 3 is 2.06 bits per heavy atom. The minimum absolute atomic E-state index is 0.0921. The number of hydrogen-bond acceptors (Lipinski definition) is 5. The highest BCUT2D eigenvalue weighted by Gasteiger charge is 2.32. The van der Waals surface area contributed by atoms with Crippen LogP contribution in [0.5, 0.6) is 0 Å². The van der Waals surface area contributed by atoms with Crippen molar-refractivity contribution in [3.63, 3.8) is 0 Å². The van der Waals surface area contributed by atoms with Crippen LogP contribution in [0, 0.1) is 5.92 Å². The van der Waals surface area contributed by atoms with Crippen molar-refractivity contribution in [1.29, 1.82) is 0 Å². The topological polar surface area (TPSA) is 108 Å². The Morgan fingerprint density at radius 1 is 1.00 bits per heavy atom. The predicted molar refractivity (Wildman–Crippen MR) is 130 cm³/mol. The Hall–Kier alpha value is -3.39. The van der Waals surface area contributed by atoms with E-state index < -0.39 is 30.1 Å². The molecular formula is C26H33N3O5. The lowest BCUT2D eigenvalue weighted by atomic mass is 9.98. The molecule has 3 atom stereocenters. The summed E-state index contributed by atoms with van der Waals surface area (Å²) in [6.07, 6.45) is -0.0885. The molecule has 1 aliphatic rings. The van der Waals surface area contributed by atoms with Gasteiger partial charge in [-0.1, -0.05) is 68.8 Å². The molecule has 0 saturated carbocycles. The van der Waals surface area contributed by atoms with Gasteiger partial charge in [-0.25, -0.2) is 9.59 Å². The van der Waals surface area contributed by atoms with Crippen molar-refractivity contribution in [3.8, 4) is 11.1 Å². The molecular weight excluding hydrogens is 434 g/mol. The number of carbonyl (C=O) groups is 3. The number of carboxylic acids is 1. The largest absolute Gasteiger partial charge is 0.480 e. The van der Waals surface area contributed by atoms with Crippen molar-refractivity contribution in [2.45, 2.75) is 38.3 Å². The molecule has 2 aromatic carbocycles. The number of carboxylic acid groups (broad SMARTS) is 1. The number of rotatable bonds is 10. The first-order valence-electron chi connectivity index (χ1n) is 11.5. The van der Waals surface area contributed by atoms with Gasteiger partial charge in [0.15, 0.2) is 0 Å². The first kappa shape index (κ1) is 25.2. The summed E-state index contributed by atoms with van der Waals surface area (Å²) in [7, 11) is 3.45. The summed E-state index contributed by atoms with van der Waals surface area (Å²) in [5.41, 5.74) is 4.45. The van der Waals surface area contributed by atoms with Gasteiger partial charge in [-0.2, -0.15) is 0 Å². The molecule has 8 nitrogen and oxygen atoms in total. The van der Waals surface area contributed by atoms with E-state index >= 15 is 0 Å². The van der Waals surface area contributed by atoms with Gasteiger partial charge < -0.3 is 25.4 Å². The van der Waals surface area contributed by atoms with Gasteiger partial charge in [-0.05, 0) is 42.3 Å². The van der Waals surface area contributed by atoms with E-state index in [1.165, 1.54) is 0 Å². The fraction of sp³-hybridized carbons (Fsp3) is 0.423. The molecule has 0 bridgehead atoms. The van der Waals surface area contributed by atoms with Gasteiger partial charge in [0.25, 0.3) is 0 Å². The summed E-state index contributed by atoms with van der Waals surface area (Å²) in [6.45, 7) is 4.00. The summed E-state index contributed by atoms with van der Waals surface area (Å²) in [6, 6.07) is 14.1. The summed E-state index contributed by atoms with van der Waals surface area (Å²) in [4.78, 5) is 38.8. The van der Waals surface area contributed by atoms with E-state index in [1.807, 2.05) is 50.2 Å². The van der Waals surface area contributed by atoms with Crippen LogP contribution in [0.15, 0.2) is 48.5 Å². The van der Waals surface area contributed by atoms with Gasteiger partial charge in [0.1, 0.15) is 18.7 Å².